The number of fused-ring (bicyclic) bond motifs is 1. The lowest BCUT2D eigenvalue weighted by atomic mass is 9.78. The van der Waals surface area contributed by atoms with Crippen molar-refractivity contribution >= 4 is 5.69 Å². The van der Waals surface area contributed by atoms with Gasteiger partial charge in [-0.3, -0.25) is 0 Å². The number of nitrogens with two attached hydrogens (primary N) is 1. The van der Waals surface area contributed by atoms with Crippen LogP contribution in [-0.2, 0) is 11.8 Å². The first kappa shape index (κ1) is 16.0. The van der Waals surface area contributed by atoms with E-state index in [4.69, 9.17) is 5.73 Å². The summed E-state index contributed by atoms with van der Waals surface area (Å²) in [7, 11) is 0. The molecule has 3 aromatic carbocycles. The topological polar surface area (TPSA) is 26.0 Å². The van der Waals surface area contributed by atoms with Crippen molar-refractivity contribution in [2.24, 2.45) is 0 Å². The second-order valence-electron chi connectivity index (χ2n) is 7.83. The Balaban J connectivity index is 1.56. The first-order chi connectivity index (χ1) is 11.9. The first-order valence-corrected chi connectivity index (χ1v) is 9.01. The molecule has 0 heterocycles. The van der Waals surface area contributed by atoms with Crippen molar-refractivity contribution in [3.63, 3.8) is 0 Å². The number of anilines is 1. The van der Waals surface area contributed by atoms with Crippen LogP contribution < -0.4 is 5.73 Å². The average molecular weight is 327 g/mol. The molecule has 0 aromatic heterocycles. The molecule has 1 unspecified atom stereocenters. The van der Waals surface area contributed by atoms with Crippen molar-refractivity contribution in [1.82, 2.24) is 0 Å². The largest absolute Gasteiger partial charge is 0.399 e. The van der Waals surface area contributed by atoms with E-state index in [0.29, 0.717) is 5.92 Å². The number of rotatable bonds is 4. The maximum absolute atomic E-state index is 5.79. The molecule has 0 saturated heterocycles. The van der Waals surface area contributed by atoms with Crippen molar-refractivity contribution in [2.45, 2.75) is 38.5 Å². The van der Waals surface area contributed by atoms with E-state index in [-0.39, 0.29) is 5.41 Å². The summed E-state index contributed by atoms with van der Waals surface area (Å²) >= 11 is 0. The van der Waals surface area contributed by atoms with Crippen molar-refractivity contribution < 1.29 is 0 Å². The lowest BCUT2D eigenvalue weighted by Gasteiger charge is -2.26. The highest BCUT2D eigenvalue weighted by molar-refractivity contribution is 5.57. The molecule has 1 heteroatoms. The van der Waals surface area contributed by atoms with Crippen LogP contribution in [0.15, 0.2) is 66.7 Å². The number of aryl methyl sites for hydroxylation is 1. The number of benzene rings is 3. The molecule has 1 nitrogen and oxygen atoms in total. The zero-order valence-electron chi connectivity index (χ0n) is 15.2. The monoisotopic (exact) mass is 327 g/mol. The Hall–Kier alpha value is -2.54. The lowest BCUT2D eigenvalue weighted by molar-refractivity contribution is 0.640. The standard InChI is InChI=1S/C24H25N/c1-16-4-8-18(9-5-16)24(2,3)19-10-13-21-22(23(21)15-19)14-17-6-11-20(25)12-7-17/h4-13,15,22H,14,25H2,1-3H3. The van der Waals surface area contributed by atoms with Crippen LogP contribution in [0.2, 0.25) is 0 Å². The Morgan fingerprint density at radius 3 is 2.12 bits per heavy atom. The maximum atomic E-state index is 5.79. The van der Waals surface area contributed by atoms with Gasteiger partial charge in [0.2, 0.25) is 0 Å². The van der Waals surface area contributed by atoms with Crippen LogP contribution in [0.1, 0.15) is 53.1 Å². The predicted molar refractivity (Wildman–Crippen MR) is 106 cm³/mol. The van der Waals surface area contributed by atoms with E-state index in [0.717, 1.165) is 12.1 Å². The van der Waals surface area contributed by atoms with Gasteiger partial charge in [0.05, 0.1) is 0 Å². The molecular weight excluding hydrogens is 302 g/mol. The summed E-state index contributed by atoms with van der Waals surface area (Å²) in [5, 5.41) is 0. The second kappa shape index (κ2) is 5.77. The van der Waals surface area contributed by atoms with Crippen LogP contribution in [0, 0.1) is 6.92 Å². The molecule has 3 aromatic rings. The molecule has 0 spiro atoms. The Morgan fingerprint density at radius 2 is 1.44 bits per heavy atom. The fourth-order valence-corrected chi connectivity index (χ4v) is 3.73. The van der Waals surface area contributed by atoms with Gasteiger partial charge < -0.3 is 5.73 Å². The molecule has 1 aliphatic carbocycles. The minimum absolute atomic E-state index is 0.0249. The molecular formula is C24H25N. The highest BCUT2D eigenvalue weighted by Crippen LogP contribution is 2.48. The van der Waals surface area contributed by atoms with Gasteiger partial charge in [0.1, 0.15) is 0 Å². The molecule has 1 atom stereocenters. The van der Waals surface area contributed by atoms with E-state index in [1.54, 1.807) is 0 Å². The van der Waals surface area contributed by atoms with Gasteiger partial charge in [-0.25, -0.2) is 0 Å². The zero-order valence-corrected chi connectivity index (χ0v) is 15.2. The van der Waals surface area contributed by atoms with Crippen molar-refractivity contribution in [3.8, 4) is 0 Å². The van der Waals surface area contributed by atoms with Crippen LogP contribution in [0.4, 0.5) is 5.69 Å². The fraction of sp³-hybridized carbons (Fsp3) is 0.250. The molecule has 4 rings (SSSR count). The molecule has 0 fully saturated rings. The van der Waals surface area contributed by atoms with Gasteiger partial charge in [-0.2, -0.15) is 0 Å². The van der Waals surface area contributed by atoms with Crippen LogP contribution >= 0.6 is 0 Å². The van der Waals surface area contributed by atoms with Crippen LogP contribution in [0.5, 0.6) is 0 Å². The van der Waals surface area contributed by atoms with E-state index >= 15 is 0 Å². The van der Waals surface area contributed by atoms with Gasteiger partial charge >= 0.3 is 0 Å². The Labute approximate surface area is 150 Å². The molecule has 0 amide bonds. The molecule has 25 heavy (non-hydrogen) atoms. The van der Waals surface area contributed by atoms with Crippen molar-refractivity contribution in [3.05, 3.63) is 100 Å². The van der Waals surface area contributed by atoms with E-state index < -0.39 is 0 Å². The van der Waals surface area contributed by atoms with E-state index in [1.807, 2.05) is 12.1 Å². The second-order valence-corrected chi connectivity index (χ2v) is 7.83. The molecule has 1 aliphatic rings. The minimum atomic E-state index is 0.0249. The molecule has 0 radical (unpaired) electrons. The molecule has 0 aliphatic heterocycles. The Kier molecular flexibility index (Phi) is 3.68. The summed E-state index contributed by atoms with van der Waals surface area (Å²) < 4.78 is 0. The van der Waals surface area contributed by atoms with E-state index in [2.05, 4.69) is 75.4 Å². The highest BCUT2D eigenvalue weighted by Gasteiger charge is 2.34. The maximum Gasteiger partial charge on any atom is 0.0314 e. The van der Waals surface area contributed by atoms with Crippen LogP contribution in [0.25, 0.3) is 0 Å². The minimum Gasteiger partial charge on any atom is -0.399 e. The third-order valence-corrected chi connectivity index (χ3v) is 5.67. The third kappa shape index (κ3) is 2.95. The smallest absolute Gasteiger partial charge is 0.0314 e. The zero-order chi connectivity index (χ0) is 17.6. The van der Waals surface area contributed by atoms with Crippen LogP contribution in [-0.4, -0.2) is 0 Å². The van der Waals surface area contributed by atoms with Crippen LogP contribution in [0.3, 0.4) is 0 Å². The summed E-state index contributed by atoms with van der Waals surface area (Å²) in [6, 6.07) is 24.2. The van der Waals surface area contributed by atoms with E-state index in [1.165, 1.54) is 33.4 Å². The summed E-state index contributed by atoms with van der Waals surface area (Å²) in [5.41, 5.74) is 15.1. The van der Waals surface area contributed by atoms with Crippen molar-refractivity contribution in [1.29, 1.82) is 0 Å². The summed E-state index contributed by atoms with van der Waals surface area (Å²) in [6.07, 6.45) is 1.07. The summed E-state index contributed by atoms with van der Waals surface area (Å²) in [4.78, 5) is 0. The van der Waals surface area contributed by atoms with Gasteiger partial charge in [-0.1, -0.05) is 74.0 Å². The average Bonchev–Trinajstić information content (AvgIpc) is 3.29. The predicted octanol–water partition coefficient (Wildman–Crippen LogP) is 5.59. The normalized spacial score (nSPS) is 15.7. The molecule has 2 N–H and O–H groups in total. The first-order valence-electron chi connectivity index (χ1n) is 9.01. The van der Waals surface area contributed by atoms with Gasteiger partial charge in [0, 0.05) is 17.0 Å². The Bertz CT molecular complexity index is 902. The SMILES string of the molecule is Cc1ccc(C(C)(C)c2ccc3c(c2)C3Cc2ccc(N)cc2)cc1. The van der Waals surface area contributed by atoms with Crippen molar-refractivity contribution in [2.75, 3.05) is 5.73 Å². The molecule has 0 bridgehead atoms. The van der Waals surface area contributed by atoms with E-state index in [9.17, 15) is 0 Å². The summed E-state index contributed by atoms with van der Waals surface area (Å²) in [5.74, 6) is 0.575. The van der Waals surface area contributed by atoms with Gasteiger partial charge in [0.15, 0.2) is 0 Å². The van der Waals surface area contributed by atoms with Gasteiger partial charge in [0.25, 0.3) is 0 Å². The van der Waals surface area contributed by atoms with Gasteiger partial charge in [-0.05, 0) is 53.3 Å². The quantitative estimate of drug-likeness (QED) is 0.621. The Morgan fingerprint density at radius 1 is 0.800 bits per heavy atom. The lowest BCUT2D eigenvalue weighted by Crippen LogP contribution is -2.18. The molecule has 0 saturated carbocycles. The number of nitrogen functional groups attached to an aromatic ring is 1. The third-order valence-electron chi connectivity index (χ3n) is 5.67. The fourth-order valence-electron chi connectivity index (χ4n) is 3.73. The highest BCUT2D eigenvalue weighted by atomic mass is 14.5. The summed E-state index contributed by atoms with van der Waals surface area (Å²) in [6.45, 7) is 6.77. The number of hydrogen-bond donors (Lipinski definition) is 1. The van der Waals surface area contributed by atoms with Gasteiger partial charge in [-0.15, -0.1) is 0 Å². The number of hydrogen-bond acceptors (Lipinski definition) is 1. The molecule has 126 valence electrons.